The summed E-state index contributed by atoms with van der Waals surface area (Å²) in [5, 5.41) is 23.1. The van der Waals surface area contributed by atoms with E-state index in [1.54, 1.807) is 12.1 Å². The molecular formula is C12H14N4O2. The van der Waals surface area contributed by atoms with E-state index in [9.17, 15) is 10.1 Å². The number of benzene rings is 1. The Balaban J connectivity index is 2.37. The van der Waals surface area contributed by atoms with E-state index in [0.29, 0.717) is 17.3 Å². The summed E-state index contributed by atoms with van der Waals surface area (Å²) in [6.07, 6.45) is 0. The topological polar surface area (TPSA) is 82.2 Å². The quantitative estimate of drug-likeness (QED) is 0.627. The van der Waals surface area contributed by atoms with Crippen LogP contribution in [0, 0.1) is 21.4 Å². The molecule has 1 saturated heterocycles. The number of piperazine rings is 1. The van der Waals surface area contributed by atoms with Crippen molar-refractivity contribution in [1.82, 2.24) is 5.32 Å². The summed E-state index contributed by atoms with van der Waals surface area (Å²) < 4.78 is 0. The molecule has 94 valence electrons. The Morgan fingerprint density at radius 1 is 1.61 bits per heavy atom. The molecule has 2 rings (SSSR count). The van der Waals surface area contributed by atoms with Gasteiger partial charge in [0.05, 0.1) is 16.6 Å². The molecule has 0 aromatic heterocycles. The molecule has 18 heavy (non-hydrogen) atoms. The highest BCUT2D eigenvalue weighted by Crippen LogP contribution is 2.29. The van der Waals surface area contributed by atoms with Gasteiger partial charge < -0.3 is 10.2 Å². The molecule has 0 unspecified atom stereocenters. The van der Waals surface area contributed by atoms with Crippen LogP contribution in [-0.2, 0) is 0 Å². The van der Waals surface area contributed by atoms with Crippen LogP contribution in [-0.4, -0.2) is 30.6 Å². The van der Waals surface area contributed by atoms with Gasteiger partial charge in [-0.15, -0.1) is 0 Å². The van der Waals surface area contributed by atoms with Crippen LogP contribution in [0.2, 0.25) is 0 Å². The number of anilines is 1. The van der Waals surface area contributed by atoms with Gasteiger partial charge in [-0.3, -0.25) is 10.1 Å². The molecule has 0 amide bonds. The average molecular weight is 246 g/mol. The van der Waals surface area contributed by atoms with Crippen LogP contribution in [0.5, 0.6) is 0 Å². The van der Waals surface area contributed by atoms with Crippen molar-refractivity contribution in [1.29, 1.82) is 5.26 Å². The Morgan fingerprint density at radius 2 is 2.39 bits per heavy atom. The van der Waals surface area contributed by atoms with Crippen LogP contribution in [0.15, 0.2) is 18.2 Å². The van der Waals surface area contributed by atoms with Gasteiger partial charge in [-0.25, -0.2) is 0 Å². The highest BCUT2D eigenvalue weighted by molar-refractivity contribution is 5.66. The minimum Gasteiger partial charge on any atom is -0.363 e. The van der Waals surface area contributed by atoms with E-state index in [4.69, 9.17) is 5.26 Å². The lowest BCUT2D eigenvalue weighted by Crippen LogP contribution is -2.49. The Morgan fingerprint density at radius 3 is 3.00 bits per heavy atom. The molecule has 1 aliphatic heterocycles. The van der Waals surface area contributed by atoms with Crippen molar-refractivity contribution in [3.8, 4) is 6.07 Å². The maximum atomic E-state index is 11.1. The maximum absolute atomic E-state index is 11.1. The molecule has 0 radical (unpaired) electrons. The summed E-state index contributed by atoms with van der Waals surface area (Å²) >= 11 is 0. The van der Waals surface area contributed by atoms with Crippen LogP contribution in [0.4, 0.5) is 11.4 Å². The Hall–Kier alpha value is -2.13. The third kappa shape index (κ3) is 2.41. The predicted octanol–water partition coefficient (Wildman–Crippen LogP) is 1.26. The zero-order valence-corrected chi connectivity index (χ0v) is 10.1. The van der Waals surface area contributed by atoms with Gasteiger partial charge in [-0.1, -0.05) is 0 Å². The summed E-state index contributed by atoms with van der Waals surface area (Å²) in [6, 6.07) is 6.84. The smallest absolute Gasteiger partial charge is 0.293 e. The first-order valence-corrected chi connectivity index (χ1v) is 5.78. The summed E-state index contributed by atoms with van der Waals surface area (Å²) in [7, 11) is 0. The fourth-order valence-corrected chi connectivity index (χ4v) is 2.16. The van der Waals surface area contributed by atoms with Crippen molar-refractivity contribution in [3.63, 3.8) is 0 Å². The molecule has 1 fully saturated rings. The van der Waals surface area contributed by atoms with Crippen molar-refractivity contribution in [2.75, 3.05) is 24.5 Å². The van der Waals surface area contributed by atoms with Gasteiger partial charge in [0, 0.05) is 31.7 Å². The van der Waals surface area contributed by atoms with E-state index < -0.39 is 4.92 Å². The van der Waals surface area contributed by atoms with E-state index in [2.05, 4.69) is 5.32 Å². The lowest BCUT2D eigenvalue weighted by atomic mass is 10.1. The van der Waals surface area contributed by atoms with Gasteiger partial charge in [0.25, 0.3) is 5.69 Å². The standard InChI is InChI=1S/C12H14N4O2/c1-9-8-15(5-4-14-9)11-3-2-10(7-13)6-12(11)16(17)18/h2-3,6,9,14H,4-5,8H2,1H3/t9-/m0/s1. The van der Waals surface area contributed by atoms with Crippen LogP contribution in [0.3, 0.4) is 0 Å². The average Bonchev–Trinajstić information content (AvgIpc) is 2.38. The van der Waals surface area contributed by atoms with E-state index in [1.807, 2.05) is 17.9 Å². The first kappa shape index (κ1) is 12.3. The van der Waals surface area contributed by atoms with Crippen LogP contribution >= 0.6 is 0 Å². The van der Waals surface area contributed by atoms with Gasteiger partial charge in [0.2, 0.25) is 0 Å². The highest BCUT2D eigenvalue weighted by Gasteiger charge is 2.23. The number of nitrogens with one attached hydrogen (secondary N) is 1. The number of nitrogens with zero attached hydrogens (tertiary/aromatic N) is 3. The lowest BCUT2D eigenvalue weighted by molar-refractivity contribution is -0.384. The molecule has 1 aliphatic rings. The number of rotatable bonds is 2. The summed E-state index contributed by atoms with van der Waals surface area (Å²) in [4.78, 5) is 12.6. The third-order valence-corrected chi connectivity index (χ3v) is 3.01. The van der Waals surface area contributed by atoms with Crippen molar-refractivity contribution in [2.45, 2.75) is 13.0 Å². The Bertz CT molecular complexity index is 509. The fraction of sp³-hybridized carbons (Fsp3) is 0.417. The second-order valence-electron chi connectivity index (χ2n) is 4.37. The number of nitro benzene ring substituents is 1. The highest BCUT2D eigenvalue weighted by atomic mass is 16.6. The summed E-state index contributed by atoms with van der Waals surface area (Å²) in [5.41, 5.74) is 0.907. The van der Waals surface area contributed by atoms with Gasteiger partial charge >= 0.3 is 0 Å². The zero-order chi connectivity index (χ0) is 13.1. The second-order valence-corrected chi connectivity index (χ2v) is 4.37. The number of hydrogen-bond donors (Lipinski definition) is 1. The molecule has 1 atom stereocenters. The van der Waals surface area contributed by atoms with E-state index in [0.717, 1.165) is 19.6 Å². The molecular weight excluding hydrogens is 232 g/mol. The fourth-order valence-electron chi connectivity index (χ4n) is 2.16. The van der Waals surface area contributed by atoms with E-state index >= 15 is 0 Å². The first-order valence-electron chi connectivity index (χ1n) is 5.78. The normalized spacial score (nSPS) is 19.3. The molecule has 1 aromatic carbocycles. The Kier molecular flexibility index (Phi) is 3.44. The van der Waals surface area contributed by atoms with Gasteiger partial charge in [0.15, 0.2) is 0 Å². The molecule has 1 N–H and O–H groups in total. The minimum absolute atomic E-state index is 0.00292. The second kappa shape index (κ2) is 5.02. The molecule has 0 saturated carbocycles. The molecule has 0 bridgehead atoms. The van der Waals surface area contributed by atoms with Crippen molar-refractivity contribution < 1.29 is 4.92 Å². The van der Waals surface area contributed by atoms with Crippen LogP contribution in [0.1, 0.15) is 12.5 Å². The molecule has 0 spiro atoms. The molecule has 0 aliphatic carbocycles. The van der Waals surface area contributed by atoms with Crippen molar-refractivity contribution >= 4 is 11.4 Å². The largest absolute Gasteiger partial charge is 0.363 e. The van der Waals surface area contributed by atoms with Crippen LogP contribution < -0.4 is 10.2 Å². The van der Waals surface area contributed by atoms with E-state index in [-0.39, 0.29) is 5.69 Å². The van der Waals surface area contributed by atoms with E-state index in [1.165, 1.54) is 6.07 Å². The SMILES string of the molecule is C[C@H]1CN(c2ccc(C#N)cc2[N+](=O)[O-])CCN1. The lowest BCUT2D eigenvalue weighted by Gasteiger charge is -2.33. The number of hydrogen-bond acceptors (Lipinski definition) is 5. The molecule has 6 heteroatoms. The van der Waals surface area contributed by atoms with Gasteiger partial charge in [-0.05, 0) is 19.1 Å². The molecule has 1 heterocycles. The van der Waals surface area contributed by atoms with Crippen LogP contribution in [0.25, 0.3) is 0 Å². The molecule has 1 aromatic rings. The number of nitriles is 1. The summed E-state index contributed by atoms with van der Waals surface area (Å²) in [5.74, 6) is 0. The molecule has 6 nitrogen and oxygen atoms in total. The Labute approximate surface area is 105 Å². The third-order valence-electron chi connectivity index (χ3n) is 3.01. The van der Waals surface area contributed by atoms with Crippen molar-refractivity contribution in [2.24, 2.45) is 0 Å². The van der Waals surface area contributed by atoms with Gasteiger partial charge in [0.1, 0.15) is 5.69 Å². The zero-order valence-electron chi connectivity index (χ0n) is 10.1. The minimum atomic E-state index is -0.428. The first-order chi connectivity index (χ1) is 8.61. The van der Waals surface area contributed by atoms with Crippen molar-refractivity contribution in [3.05, 3.63) is 33.9 Å². The van der Waals surface area contributed by atoms with Gasteiger partial charge in [-0.2, -0.15) is 5.26 Å². The predicted molar refractivity (Wildman–Crippen MR) is 67.5 cm³/mol. The maximum Gasteiger partial charge on any atom is 0.293 e. The summed E-state index contributed by atoms with van der Waals surface area (Å²) in [6.45, 7) is 4.31. The monoisotopic (exact) mass is 246 g/mol. The number of nitro groups is 1.